The maximum absolute atomic E-state index is 6.74. The van der Waals surface area contributed by atoms with Crippen LogP contribution in [0.3, 0.4) is 0 Å². The number of nitrogens with zero attached hydrogens (tertiary/aromatic N) is 5. The van der Waals surface area contributed by atoms with Crippen molar-refractivity contribution in [2.45, 2.75) is 26.2 Å². The zero-order valence-electron chi connectivity index (χ0n) is 29.8. The largest absolute Gasteiger partial charge is 0.439 e. The molecule has 0 fully saturated rings. The molecule has 0 spiro atoms. The lowest BCUT2D eigenvalue weighted by atomic mass is 9.88. The van der Waals surface area contributed by atoms with Gasteiger partial charge in [-0.3, -0.25) is 4.57 Å². The minimum absolute atomic E-state index is 0.0399. The highest BCUT2D eigenvalue weighted by molar-refractivity contribution is 6.17. The molecule has 0 atom stereocenters. The molecule has 254 valence electrons. The van der Waals surface area contributed by atoms with Gasteiger partial charge in [0.15, 0.2) is 0 Å². The van der Waals surface area contributed by atoms with Crippen molar-refractivity contribution in [3.8, 4) is 39.7 Å². The van der Waals surface area contributed by atoms with Gasteiger partial charge in [0.25, 0.3) is 0 Å². The predicted octanol–water partition coefficient (Wildman–Crippen LogP) is 11.5. The van der Waals surface area contributed by atoms with Crippen LogP contribution >= 0.6 is 0 Å². The number of pyridine rings is 2. The minimum Gasteiger partial charge on any atom is -0.439 e. The van der Waals surface area contributed by atoms with E-state index < -0.39 is 0 Å². The fourth-order valence-electron chi connectivity index (χ4n) is 7.43. The first kappa shape index (κ1) is 31.6. The Morgan fingerprint density at radius 3 is 2.10 bits per heavy atom. The second kappa shape index (κ2) is 12.4. The number of anilines is 3. The average Bonchev–Trinajstić information content (AvgIpc) is 3.69. The summed E-state index contributed by atoms with van der Waals surface area (Å²) in [6.45, 7) is 7.47. The third-order valence-electron chi connectivity index (χ3n) is 10.1. The van der Waals surface area contributed by atoms with Crippen molar-refractivity contribution in [2.75, 3.05) is 23.5 Å². The van der Waals surface area contributed by atoms with Gasteiger partial charge in [-0.05, 0) is 81.8 Å². The van der Waals surface area contributed by atoms with Gasteiger partial charge in [-0.25, -0.2) is 9.97 Å². The zero-order valence-corrected chi connectivity index (χ0v) is 29.8. The molecular weight excluding hydrogens is 639 g/mol. The van der Waals surface area contributed by atoms with Crippen molar-refractivity contribution >= 4 is 38.9 Å². The van der Waals surface area contributed by atoms with Gasteiger partial charge in [0.1, 0.15) is 11.6 Å². The summed E-state index contributed by atoms with van der Waals surface area (Å²) >= 11 is 0. The quantitative estimate of drug-likeness (QED) is 0.175. The lowest BCUT2D eigenvalue weighted by Gasteiger charge is -2.20. The number of ether oxygens (including phenoxy) is 1. The lowest BCUT2D eigenvalue weighted by molar-refractivity contribution is 0.464. The molecule has 5 aromatic carbocycles. The minimum atomic E-state index is -0.0399. The van der Waals surface area contributed by atoms with Crippen LogP contribution in [-0.4, -0.2) is 28.3 Å². The Morgan fingerprint density at radius 1 is 0.615 bits per heavy atom. The van der Waals surface area contributed by atoms with Crippen molar-refractivity contribution in [3.63, 3.8) is 0 Å². The highest BCUT2D eigenvalue weighted by Crippen LogP contribution is 2.44. The van der Waals surface area contributed by atoms with Crippen molar-refractivity contribution in [3.05, 3.63) is 157 Å². The number of hydrogen-bond acceptors (Lipinski definition) is 5. The summed E-state index contributed by atoms with van der Waals surface area (Å²) in [5.41, 5.74) is 11.2. The Balaban J connectivity index is 1.26. The van der Waals surface area contributed by atoms with Crippen LogP contribution in [0.25, 0.3) is 49.9 Å². The molecule has 0 amide bonds. The molecule has 0 unspecified atom stereocenters. The average molecular weight is 678 g/mol. The van der Waals surface area contributed by atoms with Gasteiger partial charge in [0, 0.05) is 48.0 Å². The Kier molecular flexibility index (Phi) is 7.54. The first-order chi connectivity index (χ1) is 25.3. The molecule has 1 aliphatic rings. The number of aromatic nitrogens is 3. The molecule has 0 aliphatic carbocycles. The number of hydrogen-bond donors (Lipinski definition) is 0. The molecule has 8 aromatic rings. The Labute approximate surface area is 304 Å². The number of benzene rings is 5. The fourth-order valence-corrected chi connectivity index (χ4v) is 7.43. The number of rotatable bonds is 6. The summed E-state index contributed by atoms with van der Waals surface area (Å²) in [4.78, 5) is 14.2. The van der Waals surface area contributed by atoms with Crippen LogP contribution in [0.5, 0.6) is 11.6 Å². The maximum Gasteiger partial charge on any atom is 0.221 e. The molecule has 3 aromatic heterocycles. The van der Waals surface area contributed by atoms with E-state index in [-0.39, 0.29) is 5.41 Å². The van der Waals surface area contributed by atoms with Crippen molar-refractivity contribution < 1.29 is 4.74 Å². The van der Waals surface area contributed by atoms with Gasteiger partial charge in [-0.15, -0.1) is 0 Å². The van der Waals surface area contributed by atoms with Crippen LogP contribution in [-0.2, 0) is 5.41 Å². The van der Waals surface area contributed by atoms with E-state index in [9.17, 15) is 0 Å². The Bertz CT molecular complexity index is 2590. The number of fused-ring (bicyclic) bond motifs is 4. The molecule has 0 saturated heterocycles. The highest BCUT2D eigenvalue weighted by atomic mass is 16.5. The predicted molar refractivity (Wildman–Crippen MR) is 214 cm³/mol. The number of para-hydroxylation sites is 2. The van der Waals surface area contributed by atoms with Gasteiger partial charge in [-0.1, -0.05) is 99.6 Å². The summed E-state index contributed by atoms with van der Waals surface area (Å²) in [7, 11) is 2.12. The van der Waals surface area contributed by atoms with Crippen LogP contribution in [0.2, 0.25) is 0 Å². The van der Waals surface area contributed by atoms with Crippen molar-refractivity contribution in [1.82, 2.24) is 14.5 Å². The fraction of sp³-hybridized carbons (Fsp3) is 0.130. The monoisotopic (exact) mass is 677 g/mol. The van der Waals surface area contributed by atoms with Crippen LogP contribution in [0.15, 0.2) is 152 Å². The van der Waals surface area contributed by atoms with Gasteiger partial charge in [-0.2, -0.15) is 0 Å². The molecule has 52 heavy (non-hydrogen) atoms. The van der Waals surface area contributed by atoms with Crippen LogP contribution in [0.1, 0.15) is 26.3 Å². The SMILES string of the molecule is CN1CN(c2ccnc(Oc3cc(-c4ccccc4)c4c5cc(-c6ccccc6)ccc5n(-c5cc(C(C)(C)C)ccn5)c4c3)c2)c2ccccc21. The van der Waals surface area contributed by atoms with E-state index in [0.717, 1.165) is 56.7 Å². The van der Waals surface area contributed by atoms with E-state index in [2.05, 4.69) is 175 Å². The third kappa shape index (κ3) is 5.53. The van der Waals surface area contributed by atoms with Gasteiger partial charge < -0.3 is 14.5 Å². The van der Waals surface area contributed by atoms with Gasteiger partial charge in [0.2, 0.25) is 5.88 Å². The third-order valence-corrected chi connectivity index (χ3v) is 10.1. The molecule has 0 saturated carbocycles. The maximum atomic E-state index is 6.74. The molecule has 0 bridgehead atoms. The summed E-state index contributed by atoms with van der Waals surface area (Å²) in [5.74, 6) is 2.10. The van der Waals surface area contributed by atoms with E-state index in [1.807, 2.05) is 24.5 Å². The molecule has 1 aliphatic heterocycles. The van der Waals surface area contributed by atoms with E-state index in [1.165, 1.54) is 22.5 Å². The molecule has 6 heteroatoms. The summed E-state index contributed by atoms with van der Waals surface area (Å²) in [6, 6.07) is 49.1. The smallest absolute Gasteiger partial charge is 0.221 e. The molecule has 6 nitrogen and oxygen atoms in total. The van der Waals surface area contributed by atoms with Crippen LogP contribution in [0.4, 0.5) is 17.1 Å². The molecule has 0 radical (unpaired) electrons. The van der Waals surface area contributed by atoms with E-state index in [1.54, 1.807) is 0 Å². The van der Waals surface area contributed by atoms with Gasteiger partial charge in [0.05, 0.1) is 29.1 Å². The summed E-state index contributed by atoms with van der Waals surface area (Å²) in [5, 5.41) is 2.30. The molecular formula is C46H39N5O. The first-order valence-corrected chi connectivity index (χ1v) is 17.7. The highest BCUT2D eigenvalue weighted by Gasteiger charge is 2.25. The molecule has 4 heterocycles. The second-order valence-corrected chi connectivity index (χ2v) is 14.5. The first-order valence-electron chi connectivity index (χ1n) is 17.7. The summed E-state index contributed by atoms with van der Waals surface area (Å²) in [6.07, 6.45) is 3.75. The van der Waals surface area contributed by atoms with Gasteiger partial charge >= 0.3 is 0 Å². The topological polar surface area (TPSA) is 46.4 Å². The lowest BCUT2D eigenvalue weighted by Crippen LogP contribution is -2.23. The van der Waals surface area contributed by atoms with Crippen molar-refractivity contribution in [2.24, 2.45) is 0 Å². The Hall–Kier alpha value is -6.40. The van der Waals surface area contributed by atoms with Crippen LogP contribution < -0.4 is 14.5 Å². The second-order valence-electron chi connectivity index (χ2n) is 14.5. The summed E-state index contributed by atoms with van der Waals surface area (Å²) < 4.78 is 9.02. The van der Waals surface area contributed by atoms with E-state index in [0.29, 0.717) is 11.6 Å². The Morgan fingerprint density at radius 2 is 1.33 bits per heavy atom. The zero-order chi connectivity index (χ0) is 35.4. The standard InChI is InChI=1S/C46H39N5O/c1-46(2,3)34-21-23-47-43(26-34)51-39-20-19-33(31-13-7-5-8-14-31)25-38(39)45-37(32-15-9-6-10-16-32)28-36(29-42(45)51)52-44-27-35(22-24-48-44)50-30-49(4)40-17-11-12-18-41(40)50/h5-29H,30H2,1-4H3. The van der Waals surface area contributed by atoms with E-state index >= 15 is 0 Å². The molecule has 9 rings (SSSR count). The van der Waals surface area contributed by atoms with E-state index in [4.69, 9.17) is 9.72 Å². The molecule has 0 N–H and O–H groups in total. The normalized spacial score (nSPS) is 12.8. The van der Waals surface area contributed by atoms with Crippen molar-refractivity contribution in [1.29, 1.82) is 0 Å². The van der Waals surface area contributed by atoms with Crippen LogP contribution in [0, 0.1) is 0 Å².